The van der Waals surface area contributed by atoms with E-state index >= 15 is 0 Å². The molecule has 0 unspecified atom stereocenters. The van der Waals surface area contributed by atoms with E-state index in [9.17, 15) is 8.78 Å². The van der Waals surface area contributed by atoms with E-state index in [1.54, 1.807) is 12.1 Å². The average molecular weight is 823 g/mol. The first-order valence-electron chi connectivity index (χ1n) is 20.3. The molecule has 5 nitrogen and oxygen atoms in total. The number of aromatic nitrogens is 3. The number of rotatable bonds is 7. The van der Waals surface area contributed by atoms with E-state index in [0.717, 1.165) is 100 Å². The van der Waals surface area contributed by atoms with E-state index < -0.39 is 0 Å². The third kappa shape index (κ3) is 5.95. The highest BCUT2D eigenvalue weighted by atomic mass is 32.1. The van der Waals surface area contributed by atoms with Crippen molar-refractivity contribution in [2.75, 3.05) is 4.90 Å². The lowest BCUT2D eigenvalue weighted by Crippen LogP contribution is -2.10. The van der Waals surface area contributed by atoms with Gasteiger partial charge in [0.1, 0.15) is 33.8 Å². The van der Waals surface area contributed by atoms with E-state index in [4.69, 9.17) is 13.2 Å². The molecule has 0 amide bonds. The summed E-state index contributed by atoms with van der Waals surface area (Å²) in [6.45, 7) is 0. The first kappa shape index (κ1) is 36.0. The van der Waals surface area contributed by atoms with E-state index in [2.05, 4.69) is 126 Å². The molecule has 12 aromatic rings. The summed E-state index contributed by atoms with van der Waals surface area (Å²) in [6.07, 6.45) is 0. The summed E-state index contributed by atoms with van der Waals surface area (Å²) in [7, 11) is 0. The van der Waals surface area contributed by atoms with Crippen LogP contribution in [0.15, 0.2) is 199 Å². The Kier molecular flexibility index (Phi) is 8.33. The molecular weight excluding hydrogens is 791 g/mol. The molecule has 0 atom stereocenters. The SMILES string of the molecule is Fc1ccc2c(c1)c1cc(F)ccc1n2-c1ccc(-c2ccc(N(c3ccc(-c4ccccc4)cc3)c3ccc(-c4ccc5c(c4)oc4ccccc45)cc3)c3nsnc23)cc1. The van der Waals surface area contributed by atoms with Crippen LogP contribution in [0, 0.1) is 11.6 Å². The monoisotopic (exact) mass is 822 g/mol. The van der Waals surface area contributed by atoms with Crippen molar-refractivity contribution in [3.8, 4) is 39.1 Å². The molecule has 3 aromatic heterocycles. The molecule has 0 fully saturated rings. The second kappa shape index (κ2) is 14.4. The predicted octanol–water partition coefficient (Wildman–Crippen LogP) is 15.4. The number of benzene rings is 9. The van der Waals surface area contributed by atoms with Crippen LogP contribution < -0.4 is 4.90 Å². The van der Waals surface area contributed by atoms with Gasteiger partial charge in [-0.15, -0.1) is 0 Å². The van der Waals surface area contributed by atoms with Crippen molar-refractivity contribution in [2.45, 2.75) is 0 Å². The number of hydrogen-bond acceptors (Lipinski definition) is 5. The van der Waals surface area contributed by atoms with E-state index in [-0.39, 0.29) is 11.6 Å². The van der Waals surface area contributed by atoms with Gasteiger partial charge in [0.2, 0.25) is 0 Å². The van der Waals surface area contributed by atoms with Crippen molar-refractivity contribution in [3.05, 3.63) is 206 Å². The summed E-state index contributed by atoms with van der Waals surface area (Å²) in [4.78, 5) is 2.24. The average Bonchev–Trinajstić information content (AvgIpc) is 4.04. The highest BCUT2D eigenvalue weighted by Gasteiger charge is 2.21. The van der Waals surface area contributed by atoms with Gasteiger partial charge in [0, 0.05) is 44.2 Å². The number of hydrogen-bond donors (Lipinski definition) is 0. The number of nitrogens with zero attached hydrogens (tertiary/aromatic N) is 4. The Morgan fingerprint density at radius 3 is 1.69 bits per heavy atom. The second-order valence-corrected chi connectivity index (χ2v) is 15.9. The van der Waals surface area contributed by atoms with Crippen LogP contribution in [0.3, 0.4) is 0 Å². The predicted molar refractivity (Wildman–Crippen MR) is 250 cm³/mol. The minimum Gasteiger partial charge on any atom is -0.456 e. The Bertz CT molecular complexity index is 3590. The third-order valence-electron chi connectivity index (χ3n) is 11.8. The van der Waals surface area contributed by atoms with Crippen molar-refractivity contribution in [3.63, 3.8) is 0 Å². The Labute approximate surface area is 358 Å². The maximum Gasteiger partial charge on any atom is 0.136 e. The van der Waals surface area contributed by atoms with Crippen LogP contribution in [0.4, 0.5) is 25.8 Å². The number of halogens is 2. The first-order valence-corrected chi connectivity index (χ1v) is 21.0. The molecule has 3 heterocycles. The van der Waals surface area contributed by atoms with Crippen LogP contribution in [-0.4, -0.2) is 13.3 Å². The fraction of sp³-hybridized carbons (Fsp3) is 0. The topological polar surface area (TPSA) is 47.1 Å². The molecule has 8 heteroatoms. The quantitative estimate of drug-likeness (QED) is 0.161. The molecule has 0 saturated carbocycles. The zero-order valence-corrected chi connectivity index (χ0v) is 33.7. The van der Waals surface area contributed by atoms with Crippen molar-refractivity contribution in [1.82, 2.24) is 13.3 Å². The molecule has 0 saturated heterocycles. The zero-order chi connectivity index (χ0) is 41.3. The molecule has 0 aliphatic rings. The Morgan fingerprint density at radius 2 is 1.00 bits per heavy atom. The van der Waals surface area contributed by atoms with Crippen LogP contribution >= 0.6 is 11.7 Å². The number of fused-ring (bicyclic) bond motifs is 7. The summed E-state index contributed by atoms with van der Waals surface area (Å²) in [6, 6.07) is 63.9. The largest absolute Gasteiger partial charge is 0.456 e. The minimum atomic E-state index is -0.363. The van der Waals surface area contributed by atoms with Gasteiger partial charge in [-0.25, -0.2) is 8.78 Å². The smallest absolute Gasteiger partial charge is 0.136 e. The van der Waals surface area contributed by atoms with E-state index in [1.165, 1.54) is 36.0 Å². The molecule has 0 bridgehead atoms. The molecule has 0 aliphatic carbocycles. The molecule has 0 spiro atoms. The maximum atomic E-state index is 14.4. The maximum absolute atomic E-state index is 14.4. The van der Waals surface area contributed by atoms with Crippen LogP contribution in [0.25, 0.3) is 93.8 Å². The van der Waals surface area contributed by atoms with Gasteiger partial charge in [0.15, 0.2) is 0 Å². The van der Waals surface area contributed by atoms with Crippen LogP contribution in [-0.2, 0) is 0 Å². The molecular formula is C54H32F2N4OS. The van der Waals surface area contributed by atoms with Gasteiger partial charge in [0.25, 0.3) is 0 Å². The van der Waals surface area contributed by atoms with Crippen molar-refractivity contribution in [1.29, 1.82) is 0 Å². The van der Waals surface area contributed by atoms with Crippen LogP contribution in [0.5, 0.6) is 0 Å². The first-order chi connectivity index (χ1) is 30.5. The van der Waals surface area contributed by atoms with Gasteiger partial charge < -0.3 is 13.9 Å². The Balaban J connectivity index is 0.938. The molecule has 62 heavy (non-hydrogen) atoms. The summed E-state index contributed by atoms with van der Waals surface area (Å²) in [5.74, 6) is -0.727. The lowest BCUT2D eigenvalue weighted by atomic mass is 10.0. The van der Waals surface area contributed by atoms with Gasteiger partial charge in [-0.2, -0.15) is 8.75 Å². The summed E-state index contributed by atoms with van der Waals surface area (Å²) in [5, 5.41) is 3.53. The lowest BCUT2D eigenvalue weighted by Gasteiger charge is -2.26. The summed E-state index contributed by atoms with van der Waals surface area (Å²) >= 11 is 1.19. The molecule has 12 rings (SSSR count). The molecule has 0 aliphatic heterocycles. The lowest BCUT2D eigenvalue weighted by molar-refractivity contribution is 0.628. The van der Waals surface area contributed by atoms with E-state index in [1.807, 2.05) is 41.0 Å². The van der Waals surface area contributed by atoms with Crippen molar-refractivity contribution in [2.24, 2.45) is 0 Å². The third-order valence-corrected chi connectivity index (χ3v) is 12.4. The fourth-order valence-corrected chi connectivity index (χ4v) is 9.44. The normalized spacial score (nSPS) is 11.7. The second-order valence-electron chi connectivity index (χ2n) is 15.4. The highest BCUT2D eigenvalue weighted by Crippen LogP contribution is 2.43. The van der Waals surface area contributed by atoms with Gasteiger partial charge in [0.05, 0.1) is 28.4 Å². The summed E-state index contributed by atoms with van der Waals surface area (Å²) in [5.41, 5.74) is 15.0. The van der Waals surface area contributed by atoms with Gasteiger partial charge in [-0.05, 0) is 131 Å². The molecule has 9 aromatic carbocycles. The van der Waals surface area contributed by atoms with E-state index in [0.29, 0.717) is 10.8 Å². The van der Waals surface area contributed by atoms with Gasteiger partial charge in [-0.1, -0.05) is 91.0 Å². The standard InChI is InChI=1S/C54H32F2N4OS/c55-38-17-27-48-46(31-38)47-32-39(56)18-28-49(47)60(48)42-23-14-36(15-24-42)43-26-29-50(54-53(43)57-62-58-54)59(40-19-10-34(11-20-40)33-6-2-1-3-7-33)41-21-12-35(13-22-41)37-16-25-45-44-8-4-5-9-51(44)61-52(45)30-37/h1-32H. The fourth-order valence-electron chi connectivity index (χ4n) is 8.87. The Hall–Kier alpha value is -7.94. The molecule has 0 radical (unpaired) electrons. The Morgan fingerprint density at radius 1 is 0.435 bits per heavy atom. The molecule has 0 N–H and O–H groups in total. The number of para-hydroxylation sites is 1. The number of furan rings is 1. The summed E-state index contributed by atoms with van der Waals surface area (Å²) < 4.78 is 46.8. The van der Waals surface area contributed by atoms with Crippen molar-refractivity contribution >= 4 is 83.6 Å². The zero-order valence-electron chi connectivity index (χ0n) is 32.8. The highest BCUT2D eigenvalue weighted by molar-refractivity contribution is 7.00. The van der Waals surface area contributed by atoms with Crippen molar-refractivity contribution < 1.29 is 13.2 Å². The number of anilines is 3. The molecule has 294 valence electrons. The minimum absolute atomic E-state index is 0.363. The van der Waals surface area contributed by atoms with Crippen LogP contribution in [0.2, 0.25) is 0 Å². The van der Waals surface area contributed by atoms with Gasteiger partial charge in [-0.3, -0.25) is 0 Å². The van der Waals surface area contributed by atoms with Crippen LogP contribution in [0.1, 0.15) is 0 Å². The van der Waals surface area contributed by atoms with Gasteiger partial charge >= 0.3 is 0 Å².